The van der Waals surface area contributed by atoms with Gasteiger partial charge in [-0.25, -0.2) is 0 Å². The summed E-state index contributed by atoms with van der Waals surface area (Å²) in [5, 5.41) is 0. The topological polar surface area (TPSA) is 53.2 Å². The number of H-pyrrole nitrogens is 1. The van der Waals surface area contributed by atoms with Crippen LogP contribution in [0.4, 0.5) is 0 Å². The first kappa shape index (κ1) is 14.6. The Morgan fingerprint density at radius 3 is 2.73 bits per heavy atom. The van der Waals surface area contributed by atoms with E-state index in [1.807, 2.05) is 30.0 Å². The minimum absolute atomic E-state index is 0.153. The van der Waals surface area contributed by atoms with E-state index >= 15 is 0 Å². The molecule has 1 N–H and O–H groups in total. The molecule has 2 heterocycles. The summed E-state index contributed by atoms with van der Waals surface area (Å²) in [7, 11) is 0. The lowest BCUT2D eigenvalue weighted by Crippen LogP contribution is -2.39. The smallest absolute Gasteiger partial charge is 0.260 e. The van der Waals surface area contributed by atoms with Crippen molar-refractivity contribution in [1.29, 1.82) is 0 Å². The van der Waals surface area contributed by atoms with Crippen LogP contribution in [0.5, 0.6) is 0 Å². The van der Waals surface area contributed by atoms with E-state index in [1.54, 1.807) is 12.1 Å². The van der Waals surface area contributed by atoms with Crippen LogP contribution in [0.1, 0.15) is 34.5 Å². The number of nitrogens with one attached hydrogen (secondary N) is 1. The van der Waals surface area contributed by atoms with E-state index in [-0.39, 0.29) is 23.1 Å². The van der Waals surface area contributed by atoms with Gasteiger partial charge in [0.2, 0.25) is 0 Å². The second-order valence-electron chi connectivity index (χ2n) is 5.87. The molecule has 0 spiro atoms. The van der Waals surface area contributed by atoms with E-state index < -0.39 is 0 Å². The molecule has 4 heteroatoms. The molecule has 0 saturated carbocycles. The molecule has 1 aromatic carbocycles. The summed E-state index contributed by atoms with van der Waals surface area (Å²) in [6, 6.07) is 13.8. The number of nitrogens with zero attached hydrogens (tertiary/aromatic N) is 1. The Morgan fingerprint density at radius 2 is 2.00 bits per heavy atom. The van der Waals surface area contributed by atoms with Gasteiger partial charge < -0.3 is 9.88 Å². The second-order valence-corrected chi connectivity index (χ2v) is 5.87. The molecule has 1 aliphatic heterocycles. The zero-order valence-corrected chi connectivity index (χ0v) is 12.7. The summed E-state index contributed by atoms with van der Waals surface area (Å²) in [5.74, 6) is -0.153. The SMILES string of the molecule is Cc1ccc(C(=O)N2CCC[C@H]2Cc2ccccc2)c(=O)[nH]1. The fourth-order valence-electron chi connectivity index (χ4n) is 3.10. The Morgan fingerprint density at radius 1 is 1.23 bits per heavy atom. The molecule has 0 radical (unpaired) electrons. The van der Waals surface area contributed by atoms with Crippen LogP contribution in [0.3, 0.4) is 0 Å². The number of carbonyl (C=O) groups excluding carboxylic acids is 1. The van der Waals surface area contributed by atoms with Crippen molar-refractivity contribution in [2.45, 2.75) is 32.2 Å². The molecule has 1 amide bonds. The predicted molar refractivity (Wildman–Crippen MR) is 86.0 cm³/mol. The number of rotatable bonds is 3. The third kappa shape index (κ3) is 2.96. The molecule has 1 aliphatic rings. The monoisotopic (exact) mass is 296 g/mol. The van der Waals surface area contributed by atoms with Gasteiger partial charge in [-0.15, -0.1) is 0 Å². The number of aromatic amines is 1. The largest absolute Gasteiger partial charge is 0.335 e. The maximum Gasteiger partial charge on any atom is 0.260 e. The number of aryl methyl sites for hydroxylation is 1. The molecule has 1 saturated heterocycles. The van der Waals surface area contributed by atoms with Gasteiger partial charge in [0.1, 0.15) is 5.56 Å². The molecule has 3 rings (SSSR count). The number of pyridine rings is 1. The number of amides is 1. The van der Waals surface area contributed by atoms with Crippen molar-refractivity contribution in [3.05, 3.63) is 69.6 Å². The van der Waals surface area contributed by atoms with Gasteiger partial charge in [-0.1, -0.05) is 30.3 Å². The van der Waals surface area contributed by atoms with E-state index in [1.165, 1.54) is 5.56 Å². The van der Waals surface area contributed by atoms with Gasteiger partial charge in [-0.3, -0.25) is 9.59 Å². The lowest BCUT2D eigenvalue weighted by molar-refractivity contribution is 0.0734. The first-order valence-electron chi connectivity index (χ1n) is 7.70. The molecule has 1 fully saturated rings. The number of benzene rings is 1. The molecule has 2 aromatic rings. The molecule has 0 aliphatic carbocycles. The summed E-state index contributed by atoms with van der Waals surface area (Å²) in [6.07, 6.45) is 2.83. The van der Waals surface area contributed by atoms with Gasteiger partial charge in [0.15, 0.2) is 0 Å². The third-order valence-corrected chi connectivity index (χ3v) is 4.24. The van der Waals surface area contributed by atoms with Gasteiger partial charge >= 0.3 is 0 Å². The average Bonchev–Trinajstić information content (AvgIpc) is 2.96. The molecular formula is C18H20N2O2. The lowest BCUT2D eigenvalue weighted by atomic mass is 10.0. The zero-order valence-electron chi connectivity index (χ0n) is 12.7. The molecule has 1 atom stereocenters. The minimum Gasteiger partial charge on any atom is -0.335 e. The van der Waals surface area contributed by atoms with E-state index in [0.29, 0.717) is 0 Å². The van der Waals surface area contributed by atoms with Crippen LogP contribution >= 0.6 is 0 Å². The first-order valence-corrected chi connectivity index (χ1v) is 7.70. The molecule has 4 nitrogen and oxygen atoms in total. The molecule has 0 unspecified atom stereocenters. The van der Waals surface area contributed by atoms with Crippen molar-refractivity contribution >= 4 is 5.91 Å². The first-order chi connectivity index (χ1) is 10.6. The Kier molecular flexibility index (Phi) is 4.09. The minimum atomic E-state index is -0.296. The van der Waals surface area contributed by atoms with Crippen molar-refractivity contribution in [3.63, 3.8) is 0 Å². The van der Waals surface area contributed by atoms with Crippen molar-refractivity contribution in [1.82, 2.24) is 9.88 Å². The van der Waals surface area contributed by atoms with Crippen LogP contribution < -0.4 is 5.56 Å². The second kappa shape index (κ2) is 6.18. The summed E-state index contributed by atoms with van der Waals surface area (Å²) < 4.78 is 0. The quantitative estimate of drug-likeness (QED) is 0.946. The maximum absolute atomic E-state index is 12.7. The van der Waals surface area contributed by atoms with Crippen LogP contribution in [-0.4, -0.2) is 28.4 Å². The van der Waals surface area contributed by atoms with Gasteiger partial charge in [-0.2, -0.15) is 0 Å². The van der Waals surface area contributed by atoms with E-state index in [2.05, 4.69) is 17.1 Å². The van der Waals surface area contributed by atoms with Gasteiger partial charge in [0.25, 0.3) is 11.5 Å². The summed E-state index contributed by atoms with van der Waals surface area (Å²) in [6.45, 7) is 2.54. The highest BCUT2D eigenvalue weighted by Gasteiger charge is 2.30. The Balaban J connectivity index is 1.80. The standard InChI is InChI=1S/C18H20N2O2/c1-13-9-10-16(17(21)19-13)18(22)20-11-5-8-15(20)12-14-6-3-2-4-7-14/h2-4,6-7,9-10,15H,5,8,11-12H2,1H3,(H,19,21)/t15-/m0/s1. The summed E-state index contributed by atoms with van der Waals surface area (Å²) in [4.78, 5) is 29.2. The van der Waals surface area contributed by atoms with Crippen LogP contribution in [0.25, 0.3) is 0 Å². The maximum atomic E-state index is 12.7. The lowest BCUT2D eigenvalue weighted by Gasteiger charge is -2.24. The number of hydrogen-bond donors (Lipinski definition) is 1. The third-order valence-electron chi connectivity index (χ3n) is 4.24. The highest BCUT2D eigenvalue weighted by atomic mass is 16.2. The predicted octanol–water partition coefficient (Wildman–Crippen LogP) is 2.53. The van der Waals surface area contributed by atoms with Crippen molar-refractivity contribution in [3.8, 4) is 0 Å². The van der Waals surface area contributed by atoms with E-state index in [9.17, 15) is 9.59 Å². The molecule has 22 heavy (non-hydrogen) atoms. The van der Waals surface area contributed by atoms with Gasteiger partial charge in [0, 0.05) is 18.3 Å². The van der Waals surface area contributed by atoms with E-state index in [0.717, 1.165) is 31.5 Å². The van der Waals surface area contributed by atoms with Crippen LogP contribution in [0.2, 0.25) is 0 Å². The zero-order chi connectivity index (χ0) is 15.5. The summed E-state index contributed by atoms with van der Waals surface area (Å²) in [5.41, 5.74) is 1.94. The van der Waals surface area contributed by atoms with Crippen LogP contribution in [-0.2, 0) is 6.42 Å². The number of aromatic nitrogens is 1. The van der Waals surface area contributed by atoms with Crippen LogP contribution in [0, 0.1) is 6.92 Å². The molecule has 1 aromatic heterocycles. The number of likely N-dealkylation sites (tertiary alicyclic amines) is 1. The van der Waals surface area contributed by atoms with Crippen molar-refractivity contribution in [2.24, 2.45) is 0 Å². The highest BCUT2D eigenvalue weighted by Crippen LogP contribution is 2.22. The number of carbonyl (C=O) groups is 1. The number of hydrogen-bond acceptors (Lipinski definition) is 2. The Labute approximate surface area is 129 Å². The molecule has 114 valence electrons. The summed E-state index contributed by atoms with van der Waals surface area (Å²) >= 11 is 0. The van der Waals surface area contributed by atoms with Crippen molar-refractivity contribution < 1.29 is 4.79 Å². The Hall–Kier alpha value is -2.36. The average molecular weight is 296 g/mol. The fraction of sp³-hybridized carbons (Fsp3) is 0.333. The Bertz CT molecular complexity index is 721. The fourth-order valence-corrected chi connectivity index (χ4v) is 3.10. The van der Waals surface area contributed by atoms with Gasteiger partial charge in [0.05, 0.1) is 0 Å². The van der Waals surface area contributed by atoms with Crippen LogP contribution in [0.15, 0.2) is 47.3 Å². The van der Waals surface area contributed by atoms with Crippen molar-refractivity contribution in [2.75, 3.05) is 6.54 Å². The van der Waals surface area contributed by atoms with E-state index in [4.69, 9.17) is 0 Å². The van der Waals surface area contributed by atoms with Gasteiger partial charge in [-0.05, 0) is 43.9 Å². The normalized spacial score (nSPS) is 17.7. The highest BCUT2D eigenvalue weighted by molar-refractivity contribution is 5.94. The molecular weight excluding hydrogens is 276 g/mol. The molecule has 0 bridgehead atoms.